The molecule has 2 aromatic rings. The van der Waals surface area contributed by atoms with Crippen molar-refractivity contribution in [3.63, 3.8) is 0 Å². The van der Waals surface area contributed by atoms with Crippen molar-refractivity contribution in [3.05, 3.63) is 23.0 Å². The van der Waals surface area contributed by atoms with Gasteiger partial charge in [-0.15, -0.1) is 0 Å². The second-order valence-corrected chi connectivity index (χ2v) is 9.21. The van der Waals surface area contributed by atoms with E-state index in [0.717, 1.165) is 29.6 Å². The maximum atomic E-state index is 13.4. The summed E-state index contributed by atoms with van der Waals surface area (Å²) in [6.07, 6.45) is 2.14. The number of aromatic nitrogens is 3. The summed E-state index contributed by atoms with van der Waals surface area (Å²) < 4.78 is 1.88. The molecule has 3 rings (SSSR count). The molecule has 0 unspecified atom stereocenters. The highest BCUT2D eigenvalue weighted by molar-refractivity contribution is 6.07. The Kier molecular flexibility index (Phi) is 5.21. The lowest BCUT2D eigenvalue weighted by atomic mass is 10.0. The van der Waals surface area contributed by atoms with Crippen LogP contribution in [0.5, 0.6) is 0 Å². The summed E-state index contributed by atoms with van der Waals surface area (Å²) in [7, 11) is 0. The number of hydrogen-bond acceptors (Lipinski definition) is 4. The van der Waals surface area contributed by atoms with Gasteiger partial charge in [-0.2, -0.15) is 5.10 Å². The first-order chi connectivity index (χ1) is 13.0. The highest BCUT2D eigenvalue weighted by Crippen LogP contribution is 2.41. The molecule has 0 bridgehead atoms. The largest absolute Gasteiger partial charge is 0.480 e. The number of nitrogens with zero attached hydrogens (tertiary/aromatic N) is 4. The van der Waals surface area contributed by atoms with E-state index < -0.39 is 5.97 Å². The summed E-state index contributed by atoms with van der Waals surface area (Å²) in [4.78, 5) is 31.1. The summed E-state index contributed by atoms with van der Waals surface area (Å²) in [6, 6.07) is 1.86. The van der Waals surface area contributed by atoms with Crippen LogP contribution in [0.3, 0.4) is 0 Å². The van der Waals surface area contributed by atoms with Gasteiger partial charge in [0.05, 0.1) is 22.2 Å². The molecule has 0 radical (unpaired) electrons. The van der Waals surface area contributed by atoms with E-state index in [1.165, 1.54) is 4.90 Å². The Morgan fingerprint density at radius 1 is 1.32 bits per heavy atom. The number of aryl methyl sites for hydroxylation is 1. The van der Waals surface area contributed by atoms with Crippen LogP contribution in [0.15, 0.2) is 6.07 Å². The van der Waals surface area contributed by atoms with Crippen LogP contribution >= 0.6 is 0 Å². The molecule has 1 N–H and O–H groups in total. The SMILES string of the molecule is Cc1nn(C(C)(C)C)c2nc(C3CC3)cc(C(=O)N(CC(=O)O)CC(C)C)c12. The smallest absolute Gasteiger partial charge is 0.323 e. The Labute approximate surface area is 165 Å². The minimum atomic E-state index is -1.01. The third kappa shape index (κ3) is 4.03. The van der Waals surface area contributed by atoms with E-state index in [0.29, 0.717) is 23.7 Å². The number of rotatable bonds is 6. The minimum absolute atomic E-state index is 0.168. The zero-order chi connectivity index (χ0) is 20.8. The average Bonchev–Trinajstić information content (AvgIpc) is 3.35. The highest BCUT2D eigenvalue weighted by atomic mass is 16.4. The number of carbonyl (C=O) groups excluding carboxylic acids is 1. The summed E-state index contributed by atoms with van der Waals surface area (Å²) in [5.41, 5.74) is 2.59. The second kappa shape index (κ2) is 7.18. The second-order valence-electron chi connectivity index (χ2n) is 9.21. The Bertz CT molecular complexity index is 920. The molecule has 2 heterocycles. The third-order valence-corrected chi connectivity index (χ3v) is 4.89. The Morgan fingerprint density at radius 3 is 2.46 bits per heavy atom. The zero-order valence-electron chi connectivity index (χ0n) is 17.6. The maximum Gasteiger partial charge on any atom is 0.323 e. The molecule has 0 saturated heterocycles. The van der Waals surface area contributed by atoms with Gasteiger partial charge in [0, 0.05) is 18.2 Å². The van der Waals surface area contributed by atoms with E-state index >= 15 is 0 Å². The van der Waals surface area contributed by atoms with Gasteiger partial charge in [0.2, 0.25) is 0 Å². The fourth-order valence-electron chi connectivity index (χ4n) is 3.53. The van der Waals surface area contributed by atoms with Gasteiger partial charge < -0.3 is 10.0 Å². The molecule has 0 aromatic carbocycles. The van der Waals surface area contributed by atoms with Crippen LogP contribution < -0.4 is 0 Å². The van der Waals surface area contributed by atoms with Gasteiger partial charge in [-0.3, -0.25) is 9.59 Å². The third-order valence-electron chi connectivity index (χ3n) is 4.89. The first-order valence-corrected chi connectivity index (χ1v) is 9.90. The normalized spacial score (nSPS) is 14.7. The van der Waals surface area contributed by atoms with Crippen molar-refractivity contribution in [3.8, 4) is 0 Å². The fourth-order valence-corrected chi connectivity index (χ4v) is 3.53. The molecule has 28 heavy (non-hydrogen) atoms. The number of carbonyl (C=O) groups is 2. The van der Waals surface area contributed by atoms with Crippen molar-refractivity contribution >= 4 is 22.9 Å². The van der Waals surface area contributed by atoms with Crippen LogP contribution in [0.1, 0.15) is 75.1 Å². The molecular weight excluding hydrogens is 356 g/mol. The minimum Gasteiger partial charge on any atom is -0.480 e. The van der Waals surface area contributed by atoms with E-state index in [-0.39, 0.29) is 23.9 Å². The number of fused-ring (bicyclic) bond motifs is 1. The predicted molar refractivity (Wildman–Crippen MR) is 108 cm³/mol. The molecule has 1 aliphatic rings. The average molecular weight is 386 g/mol. The van der Waals surface area contributed by atoms with Gasteiger partial charge in [0.1, 0.15) is 6.54 Å². The van der Waals surface area contributed by atoms with Crippen LogP contribution in [0, 0.1) is 12.8 Å². The highest BCUT2D eigenvalue weighted by Gasteiger charge is 2.32. The van der Waals surface area contributed by atoms with Crippen LogP contribution in [0.25, 0.3) is 11.0 Å². The molecule has 152 valence electrons. The lowest BCUT2D eigenvalue weighted by molar-refractivity contribution is -0.137. The molecule has 1 amide bonds. The Morgan fingerprint density at radius 2 is 1.96 bits per heavy atom. The monoisotopic (exact) mass is 386 g/mol. The van der Waals surface area contributed by atoms with E-state index in [2.05, 4.69) is 25.9 Å². The van der Waals surface area contributed by atoms with Gasteiger partial charge in [-0.25, -0.2) is 9.67 Å². The summed E-state index contributed by atoms with van der Waals surface area (Å²) >= 11 is 0. The molecule has 1 aliphatic carbocycles. The van der Waals surface area contributed by atoms with Gasteiger partial charge in [-0.1, -0.05) is 13.8 Å². The lowest BCUT2D eigenvalue weighted by Crippen LogP contribution is -2.38. The Hall–Kier alpha value is -2.44. The molecular formula is C21H30N4O3. The van der Waals surface area contributed by atoms with Gasteiger partial charge >= 0.3 is 5.97 Å². The quantitative estimate of drug-likeness (QED) is 0.820. The maximum absolute atomic E-state index is 13.4. The lowest BCUT2D eigenvalue weighted by Gasteiger charge is -2.24. The van der Waals surface area contributed by atoms with E-state index in [4.69, 9.17) is 4.98 Å². The van der Waals surface area contributed by atoms with Crippen molar-refractivity contribution in [1.29, 1.82) is 0 Å². The number of hydrogen-bond donors (Lipinski definition) is 1. The first-order valence-electron chi connectivity index (χ1n) is 9.90. The first kappa shape index (κ1) is 20.3. The summed E-state index contributed by atoms with van der Waals surface area (Å²) in [6.45, 7) is 12.1. The van der Waals surface area contributed by atoms with Crippen molar-refractivity contribution in [1.82, 2.24) is 19.7 Å². The molecule has 0 aliphatic heterocycles. The zero-order valence-corrected chi connectivity index (χ0v) is 17.6. The van der Waals surface area contributed by atoms with Gasteiger partial charge in [-0.05, 0) is 52.5 Å². The number of amides is 1. The van der Waals surface area contributed by atoms with Crippen LogP contribution in [0.4, 0.5) is 0 Å². The molecule has 0 spiro atoms. The fraction of sp³-hybridized carbons (Fsp3) is 0.619. The summed E-state index contributed by atoms with van der Waals surface area (Å²) in [5.74, 6) is -0.731. The number of aliphatic carboxylic acids is 1. The molecule has 7 heteroatoms. The van der Waals surface area contributed by atoms with Crippen LogP contribution in [-0.4, -0.2) is 49.7 Å². The molecule has 1 saturated carbocycles. The Balaban J connectivity index is 2.19. The van der Waals surface area contributed by atoms with Crippen molar-refractivity contribution in [2.45, 2.75) is 65.8 Å². The predicted octanol–water partition coefficient (Wildman–Crippen LogP) is 3.55. The standard InChI is InChI=1S/C21H30N4O3/c1-12(2)10-24(11-17(26)27)20(28)15-9-16(14-7-8-14)22-19-18(15)13(3)23-25(19)21(4,5)6/h9,12,14H,7-8,10-11H2,1-6H3,(H,26,27). The molecule has 1 fully saturated rings. The van der Waals surface area contributed by atoms with Crippen LogP contribution in [-0.2, 0) is 10.3 Å². The van der Waals surface area contributed by atoms with E-state index in [9.17, 15) is 14.7 Å². The number of pyridine rings is 1. The van der Waals surface area contributed by atoms with Gasteiger partial charge in [0.25, 0.3) is 5.91 Å². The van der Waals surface area contributed by atoms with Crippen molar-refractivity contribution in [2.75, 3.05) is 13.1 Å². The summed E-state index contributed by atoms with van der Waals surface area (Å²) in [5, 5.41) is 14.7. The molecule has 0 atom stereocenters. The van der Waals surface area contributed by atoms with Crippen molar-refractivity contribution < 1.29 is 14.7 Å². The van der Waals surface area contributed by atoms with E-state index in [1.54, 1.807) is 0 Å². The van der Waals surface area contributed by atoms with Crippen LogP contribution in [0.2, 0.25) is 0 Å². The number of carboxylic acid groups (broad SMARTS) is 1. The van der Waals surface area contributed by atoms with Gasteiger partial charge in [0.15, 0.2) is 5.65 Å². The van der Waals surface area contributed by atoms with E-state index in [1.807, 2.05) is 31.5 Å². The van der Waals surface area contributed by atoms with Crippen molar-refractivity contribution in [2.24, 2.45) is 5.92 Å². The topological polar surface area (TPSA) is 88.3 Å². The molecule has 2 aromatic heterocycles. The molecule has 7 nitrogen and oxygen atoms in total. The number of carboxylic acids is 1.